The molecule has 4 aromatic carbocycles. The number of non-ortho nitro benzene ring substituents is 1. The molecular weight excluding hydrogens is 498 g/mol. The maximum absolute atomic E-state index is 13.6. The number of ether oxygens (including phenoxy) is 1. The van der Waals surface area contributed by atoms with Gasteiger partial charge in [-0.2, -0.15) is 0 Å². The average molecular weight is 522 g/mol. The number of imide groups is 2. The first-order chi connectivity index (χ1) is 18.7. The van der Waals surface area contributed by atoms with E-state index in [1.165, 1.54) is 18.2 Å². The quantitative estimate of drug-likeness (QED) is 0.152. The van der Waals surface area contributed by atoms with E-state index in [4.69, 9.17) is 4.74 Å². The second kappa shape index (κ2) is 10.2. The van der Waals surface area contributed by atoms with Crippen molar-refractivity contribution < 1.29 is 24.0 Å². The van der Waals surface area contributed by atoms with Crippen molar-refractivity contribution >= 4 is 46.1 Å². The third-order valence-corrected chi connectivity index (χ3v) is 6.46. The zero-order valence-electron chi connectivity index (χ0n) is 21.1. The van der Waals surface area contributed by atoms with Gasteiger partial charge in [-0.1, -0.05) is 48.0 Å². The van der Waals surface area contributed by atoms with Gasteiger partial charge in [-0.3, -0.25) is 25.0 Å². The number of nitro benzene ring substituents is 1. The van der Waals surface area contributed by atoms with Crippen LogP contribution >= 0.6 is 0 Å². The van der Waals surface area contributed by atoms with Crippen LogP contribution in [0.5, 0.6) is 5.75 Å². The van der Waals surface area contributed by atoms with Crippen LogP contribution in [-0.4, -0.2) is 22.8 Å². The molecule has 0 unspecified atom stereocenters. The van der Waals surface area contributed by atoms with Gasteiger partial charge in [0.1, 0.15) is 17.9 Å². The molecule has 0 atom stereocenters. The Labute approximate surface area is 223 Å². The van der Waals surface area contributed by atoms with E-state index in [9.17, 15) is 24.5 Å². The number of hydrogen-bond donors (Lipinski definition) is 1. The van der Waals surface area contributed by atoms with Gasteiger partial charge in [0.2, 0.25) is 0 Å². The Balaban J connectivity index is 1.55. The number of nitro groups is 1. The maximum Gasteiger partial charge on any atom is 0.335 e. The summed E-state index contributed by atoms with van der Waals surface area (Å²) < 4.78 is 6.07. The highest BCUT2D eigenvalue weighted by atomic mass is 16.6. The molecule has 1 heterocycles. The number of carbonyl (C=O) groups is 3. The fourth-order valence-electron chi connectivity index (χ4n) is 4.50. The molecule has 0 aliphatic carbocycles. The van der Waals surface area contributed by atoms with Gasteiger partial charge in [-0.05, 0) is 66.1 Å². The lowest BCUT2D eigenvalue weighted by Crippen LogP contribution is -2.54. The number of nitrogens with one attached hydrogen (secondary N) is 1. The highest BCUT2D eigenvalue weighted by Gasteiger charge is 2.37. The molecular formula is C30H23N3O6. The maximum atomic E-state index is 13.6. The van der Waals surface area contributed by atoms with Crippen LogP contribution in [0.25, 0.3) is 16.8 Å². The third kappa shape index (κ3) is 4.97. The van der Waals surface area contributed by atoms with Crippen molar-refractivity contribution in [2.75, 3.05) is 4.90 Å². The number of benzene rings is 4. The first-order valence-corrected chi connectivity index (χ1v) is 12.1. The first kappa shape index (κ1) is 25.3. The fraction of sp³-hybridized carbons (Fsp3) is 0.100. The van der Waals surface area contributed by atoms with E-state index < -0.39 is 22.8 Å². The average Bonchev–Trinajstić information content (AvgIpc) is 2.91. The molecule has 1 aliphatic rings. The molecule has 0 aromatic heterocycles. The molecule has 1 aliphatic heterocycles. The van der Waals surface area contributed by atoms with Crippen LogP contribution in [-0.2, 0) is 16.2 Å². The Bertz CT molecular complexity index is 1690. The second-order valence-electron chi connectivity index (χ2n) is 9.16. The van der Waals surface area contributed by atoms with E-state index >= 15 is 0 Å². The van der Waals surface area contributed by atoms with Crippen molar-refractivity contribution in [2.24, 2.45) is 0 Å². The zero-order valence-corrected chi connectivity index (χ0v) is 21.1. The number of hydrogen-bond acceptors (Lipinski definition) is 6. The summed E-state index contributed by atoms with van der Waals surface area (Å²) in [5.74, 6) is -1.15. The minimum absolute atomic E-state index is 0.0281. The Kier molecular flexibility index (Phi) is 6.64. The minimum Gasteiger partial charge on any atom is -0.488 e. The molecule has 1 fully saturated rings. The van der Waals surface area contributed by atoms with Gasteiger partial charge in [0.05, 0.1) is 10.6 Å². The Morgan fingerprint density at radius 1 is 0.949 bits per heavy atom. The van der Waals surface area contributed by atoms with E-state index in [-0.39, 0.29) is 17.9 Å². The summed E-state index contributed by atoms with van der Waals surface area (Å²) in [6.07, 6.45) is 1.44. The van der Waals surface area contributed by atoms with E-state index in [0.29, 0.717) is 28.1 Å². The van der Waals surface area contributed by atoms with Gasteiger partial charge in [-0.15, -0.1) is 0 Å². The Morgan fingerprint density at radius 3 is 2.41 bits per heavy atom. The van der Waals surface area contributed by atoms with Crippen molar-refractivity contribution in [3.63, 3.8) is 0 Å². The highest BCUT2D eigenvalue weighted by Crippen LogP contribution is 2.33. The van der Waals surface area contributed by atoms with E-state index in [2.05, 4.69) is 5.32 Å². The number of rotatable bonds is 6. The van der Waals surface area contributed by atoms with Crippen LogP contribution in [0.2, 0.25) is 0 Å². The number of barbiturate groups is 1. The van der Waals surface area contributed by atoms with Crippen LogP contribution < -0.4 is 15.0 Å². The summed E-state index contributed by atoms with van der Waals surface area (Å²) in [6.45, 7) is 3.79. The standard InChI is InChI=1S/C30H23N3O6/c1-18-7-13-26(19(2)15-18)32-29(35)25(28(34)31-30(32)36)16-24-23-6-4-3-5-21(23)10-14-27(24)39-17-20-8-11-22(12-9-20)33(37)38/h3-16H,17H2,1-2H3,(H,31,34,36)/b25-16+. The molecule has 0 radical (unpaired) electrons. The van der Waals surface area contributed by atoms with Crippen LogP contribution in [0, 0.1) is 24.0 Å². The molecule has 194 valence electrons. The smallest absolute Gasteiger partial charge is 0.335 e. The van der Waals surface area contributed by atoms with Gasteiger partial charge < -0.3 is 4.74 Å². The van der Waals surface area contributed by atoms with E-state index in [0.717, 1.165) is 21.2 Å². The van der Waals surface area contributed by atoms with Crippen molar-refractivity contribution in [1.82, 2.24) is 5.32 Å². The van der Waals surface area contributed by atoms with Crippen LogP contribution in [0.4, 0.5) is 16.2 Å². The normalized spacial score (nSPS) is 14.6. The molecule has 1 saturated heterocycles. The summed E-state index contributed by atoms with van der Waals surface area (Å²) in [5.41, 5.74) is 3.01. The predicted molar refractivity (Wildman–Crippen MR) is 146 cm³/mol. The van der Waals surface area contributed by atoms with Crippen molar-refractivity contribution in [3.05, 3.63) is 117 Å². The number of fused-ring (bicyclic) bond motifs is 1. The summed E-state index contributed by atoms with van der Waals surface area (Å²) >= 11 is 0. The zero-order chi connectivity index (χ0) is 27.7. The number of aryl methyl sites for hydroxylation is 2. The Morgan fingerprint density at radius 2 is 1.69 bits per heavy atom. The summed E-state index contributed by atoms with van der Waals surface area (Å²) in [6, 6.07) is 21.5. The Hall–Kier alpha value is -5.31. The molecule has 0 spiro atoms. The summed E-state index contributed by atoms with van der Waals surface area (Å²) in [5, 5.41) is 14.8. The first-order valence-electron chi connectivity index (χ1n) is 12.1. The number of urea groups is 1. The lowest BCUT2D eigenvalue weighted by atomic mass is 9.99. The lowest BCUT2D eigenvalue weighted by molar-refractivity contribution is -0.384. The topological polar surface area (TPSA) is 119 Å². The molecule has 0 saturated carbocycles. The molecule has 4 aromatic rings. The SMILES string of the molecule is Cc1ccc(N2C(=O)NC(=O)/C(=C\c3c(OCc4ccc([N+](=O)[O-])cc4)ccc4ccccc34)C2=O)c(C)c1. The molecule has 4 amide bonds. The lowest BCUT2D eigenvalue weighted by Gasteiger charge is -2.28. The van der Waals surface area contributed by atoms with Gasteiger partial charge in [-0.25, -0.2) is 9.69 Å². The highest BCUT2D eigenvalue weighted by molar-refractivity contribution is 6.39. The van der Waals surface area contributed by atoms with E-state index in [1.807, 2.05) is 43.3 Å². The van der Waals surface area contributed by atoms with E-state index in [1.54, 1.807) is 37.3 Å². The number of nitrogens with zero attached hydrogens (tertiary/aromatic N) is 2. The molecule has 9 nitrogen and oxygen atoms in total. The third-order valence-electron chi connectivity index (χ3n) is 6.46. The van der Waals surface area contributed by atoms with Crippen molar-refractivity contribution in [3.8, 4) is 5.75 Å². The largest absolute Gasteiger partial charge is 0.488 e. The van der Waals surface area contributed by atoms with Gasteiger partial charge >= 0.3 is 6.03 Å². The second-order valence-corrected chi connectivity index (χ2v) is 9.16. The number of anilines is 1. The van der Waals surface area contributed by atoms with Crippen LogP contribution in [0.15, 0.2) is 84.4 Å². The van der Waals surface area contributed by atoms with Gasteiger partial charge in [0, 0.05) is 17.7 Å². The summed E-state index contributed by atoms with van der Waals surface area (Å²) in [7, 11) is 0. The molecule has 1 N–H and O–H groups in total. The fourth-order valence-corrected chi connectivity index (χ4v) is 4.50. The predicted octanol–water partition coefficient (Wildman–Crippen LogP) is 5.61. The van der Waals surface area contributed by atoms with Crippen LogP contribution in [0.1, 0.15) is 22.3 Å². The number of amides is 4. The van der Waals surface area contributed by atoms with Gasteiger partial charge in [0.25, 0.3) is 17.5 Å². The number of carbonyl (C=O) groups excluding carboxylic acids is 3. The van der Waals surface area contributed by atoms with Crippen molar-refractivity contribution in [2.45, 2.75) is 20.5 Å². The molecule has 5 rings (SSSR count). The van der Waals surface area contributed by atoms with Crippen LogP contribution in [0.3, 0.4) is 0 Å². The molecule has 39 heavy (non-hydrogen) atoms. The van der Waals surface area contributed by atoms with Gasteiger partial charge in [0.15, 0.2) is 0 Å². The van der Waals surface area contributed by atoms with Crippen molar-refractivity contribution in [1.29, 1.82) is 0 Å². The summed E-state index contributed by atoms with van der Waals surface area (Å²) in [4.78, 5) is 50.7. The molecule has 9 heteroatoms. The monoisotopic (exact) mass is 521 g/mol. The molecule has 0 bridgehead atoms. The minimum atomic E-state index is -0.818.